The molecule has 2 aliphatic rings. The molecule has 2 saturated heterocycles. The van der Waals surface area contributed by atoms with Crippen molar-refractivity contribution in [2.24, 2.45) is 13.0 Å². The van der Waals surface area contributed by atoms with Gasteiger partial charge in [-0.2, -0.15) is 0 Å². The summed E-state index contributed by atoms with van der Waals surface area (Å²) in [5.74, 6) is -5.07. The van der Waals surface area contributed by atoms with E-state index in [1.807, 2.05) is 0 Å². The first kappa shape index (κ1) is 19.6. The standard InChI is InChI=1S/C19H22F2N4O4/c1-23-16-12(24-8-7-11(9-26)19(20,21)10-24)3-2-4-13(16)25(18(23)29)14-5-6-15(27)22-17(14)28/h2-4,11,14,26H,5-10H2,1H3,(H,22,27,28). The van der Waals surface area contributed by atoms with Crippen LogP contribution in [0.15, 0.2) is 23.0 Å². The normalized spacial score (nSPS) is 24.8. The Bertz CT molecular complexity index is 1040. The molecule has 3 heterocycles. The second-order valence-corrected chi connectivity index (χ2v) is 7.67. The number of aromatic nitrogens is 2. The molecule has 2 aromatic rings. The number of aliphatic hydroxyl groups excluding tert-OH is 1. The number of nitrogens with one attached hydrogen (secondary N) is 1. The Labute approximate surface area is 164 Å². The van der Waals surface area contributed by atoms with Crippen LogP contribution in [0.5, 0.6) is 0 Å². The number of carbonyl (C=O) groups excluding carboxylic acids is 2. The number of piperidine rings is 2. The van der Waals surface area contributed by atoms with Crippen LogP contribution in [-0.4, -0.2) is 51.7 Å². The Morgan fingerprint density at radius 2 is 2.00 bits per heavy atom. The quantitative estimate of drug-likeness (QED) is 0.732. The number of halogens is 2. The molecule has 0 bridgehead atoms. The summed E-state index contributed by atoms with van der Waals surface area (Å²) >= 11 is 0. The highest BCUT2D eigenvalue weighted by atomic mass is 19.3. The van der Waals surface area contributed by atoms with E-state index in [0.29, 0.717) is 23.3 Å². The topological polar surface area (TPSA) is 96.6 Å². The molecule has 0 spiro atoms. The third-order valence-electron chi connectivity index (χ3n) is 5.91. The van der Waals surface area contributed by atoms with Crippen molar-refractivity contribution in [3.8, 4) is 0 Å². The first-order valence-corrected chi connectivity index (χ1v) is 9.52. The molecule has 1 aromatic carbocycles. The van der Waals surface area contributed by atoms with Gasteiger partial charge in [0, 0.05) is 25.9 Å². The molecule has 2 atom stereocenters. The number of aliphatic hydroxyl groups is 1. The van der Waals surface area contributed by atoms with Gasteiger partial charge in [-0.25, -0.2) is 13.6 Å². The van der Waals surface area contributed by atoms with E-state index in [0.717, 1.165) is 0 Å². The number of aryl methyl sites for hydroxylation is 1. The molecule has 0 radical (unpaired) electrons. The Hall–Kier alpha value is -2.75. The van der Waals surface area contributed by atoms with Gasteiger partial charge in [-0.1, -0.05) is 6.07 Å². The fourth-order valence-corrected chi connectivity index (χ4v) is 4.32. The van der Waals surface area contributed by atoms with Crippen LogP contribution in [-0.2, 0) is 16.6 Å². The molecule has 8 nitrogen and oxygen atoms in total. The lowest BCUT2D eigenvalue weighted by molar-refractivity contribution is -0.135. The van der Waals surface area contributed by atoms with E-state index in [-0.39, 0.29) is 25.2 Å². The zero-order chi connectivity index (χ0) is 20.9. The van der Waals surface area contributed by atoms with E-state index in [4.69, 9.17) is 0 Å². The van der Waals surface area contributed by atoms with Gasteiger partial charge in [0.05, 0.1) is 29.9 Å². The predicted molar refractivity (Wildman–Crippen MR) is 101 cm³/mol. The number of imidazole rings is 1. The number of hydrogen-bond acceptors (Lipinski definition) is 5. The van der Waals surface area contributed by atoms with Crippen LogP contribution >= 0.6 is 0 Å². The lowest BCUT2D eigenvalue weighted by Crippen LogP contribution is -2.50. The summed E-state index contributed by atoms with van der Waals surface area (Å²) in [5, 5.41) is 11.5. The molecule has 2 unspecified atom stereocenters. The van der Waals surface area contributed by atoms with Gasteiger partial charge in [0.15, 0.2) is 0 Å². The number of anilines is 1. The first-order valence-electron chi connectivity index (χ1n) is 9.52. The van der Waals surface area contributed by atoms with Gasteiger partial charge in [-0.05, 0) is 25.0 Å². The maximum Gasteiger partial charge on any atom is 0.329 e. The average molecular weight is 408 g/mol. The zero-order valence-corrected chi connectivity index (χ0v) is 15.9. The molecule has 1 aromatic heterocycles. The average Bonchev–Trinajstić information content (AvgIpc) is 2.92. The molecule has 0 saturated carbocycles. The van der Waals surface area contributed by atoms with Gasteiger partial charge < -0.3 is 10.0 Å². The van der Waals surface area contributed by atoms with Crippen LogP contribution in [0.2, 0.25) is 0 Å². The van der Waals surface area contributed by atoms with Crippen LogP contribution in [0, 0.1) is 5.92 Å². The van der Waals surface area contributed by atoms with E-state index in [2.05, 4.69) is 5.32 Å². The molecule has 29 heavy (non-hydrogen) atoms. The highest BCUT2D eigenvalue weighted by molar-refractivity contribution is 6.00. The van der Waals surface area contributed by atoms with Crippen molar-refractivity contribution in [2.45, 2.75) is 31.2 Å². The number of para-hydroxylation sites is 1. The van der Waals surface area contributed by atoms with Gasteiger partial charge in [-0.15, -0.1) is 0 Å². The van der Waals surface area contributed by atoms with E-state index >= 15 is 0 Å². The molecule has 2 N–H and O–H groups in total. The Kier molecular flexibility index (Phi) is 4.68. The lowest BCUT2D eigenvalue weighted by Gasteiger charge is -2.39. The van der Waals surface area contributed by atoms with Gasteiger partial charge in [0.2, 0.25) is 11.8 Å². The molecule has 4 rings (SSSR count). The fourth-order valence-electron chi connectivity index (χ4n) is 4.32. The van der Waals surface area contributed by atoms with E-state index in [9.17, 15) is 28.3 Å². The summed E-state index contributed by atoms with van der Waals surface area (Å²) in [6.45, 7) is -0.817. The number of benzene rings is 1. The summed E-state index contributed by atoms with van der Waals surface area (Å²) in [7, 11) is 1.54. The highest BCUT2D eigenvalue weighted by Gasteiger charge is 2.44. The highest BCUT2D eigenvalue weighted by Crippen LogP contribution is 2.37. The summed E-state index contributed by atoms with van der Waals surface area (Å²) in [6.07, 6.45) is 0.454. The zero-order valence-electron chi connectivity index (χ0n) is 15.9. The maximum absolute atomic E-state index is 14.4. The van der Waals surface area contributed by atoms with Crippen molar-refractivity contribution in [3.05, 3.63) is 28.7 Å². The molecule has 156 valence electrons. The van der Waals surface area contributed by atoms with Gasteiger partial charge >= 0.3 is 5.69 Å². The van der Waals surface area contributed by atoms with Crippen molar-refractivity contribution in [1.82, 2.24) is 14.5 Å². The van der Waals surface area contributed by atoms with Gasteiger partial charge in [-0.3, -0.25) is 24.0 Å². The van der Waals surface area contributed by atoms with Crippen LogP contribution in [0.1, 0.15) is 25.3 Å². The smallest absolute Gasteiger partial charge is 0.329 e. The van der Waals surface area contributed by atoms with Gasteiger partial charge in [0.25, 0.3) is 5.92 Å². The second kappa shape index (κ2) is 6.94. The van der Waals surface area contributed by atoms with Crippen LogP contribution in [0.3, 0.4) is 0 Å². The number of nitrogens with zero attached hydrogens (tertiary/aromatic N) is 3. The number of amides is 2. The number of imide groups is 1. The summed E-state index contributed by atoms with van der Waals surface area (Å²) < 4.78 is 31.5. The third kappa shape index (κ3) is 3.11. The molecule has 0 aliphatic carbocycles. The molecule has 2 amide bonds. The first-order chi connectivity index (χ1) is 13.7. The molecule has 2 aliphatic heterocycles. The number of carbonyl (C=O) groups is 2. The minimum absolute atomic E-state index is 0.125. The Morgan fingerprint density at radius 1 is 1.24 bits per heavy atom. The minimum Gasteiger partial charge on any atom is -0.396 e. The summed E-state index contributed by atoms with van der Waals surface area (Å²) in [6, 6.07) is 4.17. The number of alkyl halides is 2. The SMILES string of the molecule is Cn1c(=O)n(C2CCC(=O)NC2=O)c2cccc(N3CCC(CO)C(F)(F)C3)c21. The molecular weight excluding hydrogens is 386 g/mol. The molecule has 10 heteroatoms. The van der Waals surface area contributed by atoms with Crippen molar-refractivity contribution in [2.75, 3.05) is 24.6 Å². The van der Waals surface area contributed by atoms with Crippen molar-refractivity contribution in [1.29, 1.82) is 0 Å². The molecule has 2 fully saturated rings. The predicted octanol–water partition coefficient (Wildman–Crippen LogP) is 0.772. The Morgan fingerprint density at radius 3 is 2.66 bits per heavy atom. The second-order valence-electron chi connectivity index (χ2n) is 7.67. The number of fused-ring (bicyclic) bond motifs is 1. The van der Waals surface area contributed by atoms with Crippen molar-refractivity contribution >= 4 is 28.5 Å². The van der Waals surface area contributed by atoms with Crippen molar-refractivity contribution < 1.29 is 23.5 Å². The Balaban J connectivity index is 1.80. The molecular formula is C19H22F2N4O4. The minimum atomic E-state index is -3.06. The number of hydrogen-bond donors (Lipinski definition) is 2. The van der Waals surface area contributed by atoms with E-state index < -0.39 is 42.6 Å². The van der Waals surface area contributed by atoms with Crippen molar-refractivity contribution in [3.63, 3.8) is 0 Å². The summed E-state index contributed by atoms with van der Waals surface area (Å²) in [5.41, 5.74) is 0.945. The van der Waals surface area contributed by atoms with Crippen LogP contribution in [0.25, 0.3) is 11.0 Å². The monoisotopic (exact) mass is 408 g/mol. The van der Waals surface area contributed by atoms with Gasteiger partial charge in [0.1, 0.15) is 6.04 Å². The fraction of sp³-hybridized carbons (Fsp3) is 0.526. The maximum atomic E-state index is 14.4. The largest absolute Gasteiger partial charge is 0.396 e. The number of rotatable bonds is 3. The van der Waals surface area contributed by atoms with Crippen LogP contribution < -0.4 is 15.9 Å². The summed E-state index contributed by atoms with van der Waals surface area (Å²) in [4.78, 5) is 38.2. The van der Waals surface area contributed by atoms with Crippen LogP contribution in [0.4, 0.5) is 14.5 Å². The third-order valence-corrected chi connectivity index (χ3v) is 5.91. The van der Waals surface area contributed by atoms with E-state index in [1.165, 1.54) is 21.1 Å². The lowest BCUT2D eigenvalue weighted by atomic mass is 9.93. The van der Waals surface area contributed by atoms with E-state index in [1.54, 1.807) is 18.2 Å².